The quantitative estimate of drug-likeness (QED) is 0.312. The molecule has 0 spiro atoms. The van der Waals surface area contributed by atoms with E-state index in [1.54, 1.807) is 24.4 Å². The molecule has 0 saturated carbocycles. The molecule has 1 saturated heterocycles. The van der Waals surface area contributed by atoms with E-state index in [-0.39, 0.29) is 30.7 Å². The highest BCUT2D eigenvalue weighted by molar-refractivity contribution is 5.96. The van der Waals surface area contributed by atoms with E-state index in [9.17, 15) is 9.59 Å². The van der Waals surface area contributed by atoms with E-state index in [4.69, 9.17) is 0 Å². The topological polar surface area (TPSA) is 77.6 Å². The van der Waals surface area contributed by atoms with Crippen LogP contribution in [-0.4, -0.2) is 47.9 Å². The van der Waals surface area contributed by atoms with Gasteiger partial charge in [-0.1, -0.05) is 66.7 Å². The first-order valence-corrected chi connectivity index (χ1v) is 13.4. The molecule has 39 heavy (non-hydrogen) atoms. The van der Waals surface area contributed by atoms with Crippen LogP contribution in [0, 0.1) is 0 Å². The lowest BCUT2D eigenvalue weighted by atomic mass is 9.96. The number of benzene rings is 3. The fraction of sp³-hybridized carbons (Fsp3) is 0.219. The predicted molar refractivity (Wildman–Crippen MR) is 156 cm³/mol. The number of amides is 2. The van der Waals surface area contributed by atoms with Gasteiger partial charge in [-0.15, -0.1) is 0 Å². The average Bonchev–Trinajstić information content (AvgIpc) is 2.99. The number of hydrogen-bond donors (Lipinski definition) is 2. The lowest BCUT2D eigenvalue weighted by Crippen LogP contribution is -2.48. The number of rotatable bonds is 9. The lowest BCUT2D eigenvalue weighted by Gasteiger charge is -2.40. The van der Waals surface area contributed by atoms with E-state index in [0.717, 1.165) is 37.6 Å². The minimum Gasteiger partial charge on any atom is -0.369 e. The van der Waals surface area contributed by atoms with Crippen molar-refractivity contribution in [1.29, 1.82) is 0 Å². The Labute approximate surface area is 229 Å². The van der Waals surface area contributed by atoms with E-state index < -0.39 is 0 Å². The van der Waals surface area contributed by atoms with Gasteiger partial charge in [0.25, 0.3) is 0 Å². The van der Waals surface area contributed by atoms with E-state index in [2.05, 4.69) is 86.1 Å². The molecule has 198 valence electrons. The van der Waals surface area contributed by atoms with Gasteiger partial charge in [-0.3, -0.25) is 14.5 Å². The molecule has 1 aliphatic heterocycles. The third-order valence-corrected chi connectivity index (χ3v) is 6.94. The molecule has 4 aromatic rings. The molecular formula is C32H33N5O2. The minimum absolute atomic E-state index is 0.0950. The van der Waals surface area contributed by atoms with Crippen LogP contribution >= 0.6 is 0 Å². The molecule has 0 atom stereocenters. The number of aromatic nitrogens is 1. The molecule has 2 amide bonds. The summed E-state index contributed by atoms with van der Waals surface area (Å²) in [5, 5.41) is 5.58. The summed E-state index contributed by atoms with van der Waals surface area (Å²) in [5.41, 5.74) is 4.48. The standard InChI is InChI=1S/C32H33N5O2/c38-30(18-19-31(39)35-29-13-7-8-20-33-29)34-27-14-16-28(17-15-27)36-21-23-37(24-22-36)32(25-9-3-1-4-10-25)26-11-5-2-6-12-26/h1-17,20,32H,18-19,21-24H2,(H,34,38)(H,33,35,39). The number of hydrogen-bond acceptors (Lipinski definition) is 5. The largest absolute Gasteiger partial charge is 0.369 e. The van der Waals surface area contributed by atoms with Crippen LogP contribution in [0.15, 0.2) is 109 Å². The van der Waals surface area contributed by atoms with Crippen LogP contribution in [-0.2, 0) is 9.59 Å². The van der Waals surface area contributed by atoms with Crippen LogP contribution < -0.4 is 15.5 Å². The van der Waals surface area contributed by atoms with Crippen molar-refractivity contribution in [3.05, 3.63) is 120 Å². The Morgan fingerprint density at radius 1 is 0.667 bits per heavy atom. The Hall–Kier alpha value is -4.49. The highest BCUT2D eigenvalue weighted by Crippen LogP contribution is 2.30. The van der Waals surface area contributed by atoms with Crippen LogP contribution in [0.25, 0.3) is 0 Å². The van der Waals surface area contributed by atoms with Crippen molar-refractivity contribution in [3.8, 4) is 0 Å². The van der Waals surface area contributed by atoms with Gasteiger partial charge < -0.3 is 15.5 Å². The SMILES string of the molecule is O=C(CCC(=O)Nc1ccccn1)Nc1ccc(N2CCN(C(c3ccccc3)c3ccccc3)CC2)cc1. The Morgan fingerprint density at radius 3 is 1.79 bits per heavy atom. The number of carbonyl (C=O) groups excluding carboxylic acids is 2. The molecule has 7 nitrogen and oxygen atoms in total. The predicted octanol–water partition coefficient (Wildman–Crippen LogP) is 5.35. The maximum absolute atomic E-state index is 12.4. The highest BCUT2D eigenvalue weighted by atomic mass is 16.2. The van der Waals surface area contributed by atoms with Crippen molar-refractivity contribution in [3.63, 3.8) is 0 Å². The molecule has 2 heterocycles. The zero-order valence-corrected chi connectivity index (χ0v) is 21.9. The van der Waals surface area contributed by atoms with Crippen molar-refractivity contribution < 1.29 is 9.59 Å². The lowest BCUT2D eigenvalue weighted by molar-refractivity contribution is -0.121. The molecule has 3 aromatic carbocycles. The Morgan fingerprint density at radius 2 is 1.23 bits per heavy atom. The van der Waals surface area contributed by atoms with E-state index in [1.165, 1.54) is 11.1 Å². The molecule has 0 radical (unpaired) electrons. The van der Waals surface area contributed by atoms with Crippen molar-refractivity contribution in [1.82, 2.24) is 9.88 Å². The third-order valence-electron chi connectivity index (χ3n) is 6.94. The second kappa shape index (κ2) is 12.8. The summed E-state index contributed by atoms with van der Waals surface area (Å²) in [6, 6.07) is 34.9. The summed E-state index contributed by atoms with van der Waals surface area (Å²) < 4.78 is 0. The van der Waals surface area contributed by atoms with Crippen LogP contribution in [0.5, 0.6) is 0 Å². The number of nitrogens with zero attached hydrogens (tertiary/aromatic N) is 3. The summed E-state index contributed by atoms with van der Waals surface area (Å²) in [5.74, 6) is 0.0514. The fourth-order valence-corrected chi connectivity index (χ4v) is 4.97. The normalized spacial score (nSPS) is 13.7. The second-order valence-corrected chi connectivity index (χ2v) is 9.61. The van der Waals surface area contributed by atoms with Gasteiger partial charge in [0.1, 0.15) is 5.82 Å². The van der Waals surface area contributed by atoms with Crippen LogP contribution in [0.1, 0.15) is 30.0 Å². The summed E-state index contributed by atoms with van der Waals surface area (Å²) in [7, 11) is 0. The number of piperazine rings is 1. The van der Waals surface area contributed by atoms with Gasteiger partial charge >= 0.3 is 0 Å². The van der Waals surface area contributed by atoms with E-state index in [1.807, 2.05) is 24.3 Å². The van der Waals surface area contributed by atoms with Gasteiger partial charge in [0.15, 0.2) is 0 Å². The Kier molecular flexibility index (Phi) is 8.61. The molecule has 0 aliphatic carbocycles. The summed E-state index contributed by atoms with van der Waals surface area (Å²) in [4.78, 5) is 33.4. The van der Waals surface area contributed by atoms with Gasteiger partial charge in [0.2, 0.25) is 11.8 Å². The van der Waals surface area contributed by atoms with Crippen LogP contribution in [0.3, 0.4) is 0 Å². The van der Waals surface area contributed by atoms with Crippen molar-refractivity contribution in [2.45, 2.75) is 18.9 Å². The number of pyridine rings is 1. The van der Waals surface area contributed by atoms with Gasteiger partial charge in [-0.05, 0) is 47.5 Å². The number of carbonyl (C=O) groups is 2. The summed E-state index contributed by atoms with van der Waals surface area (Å²) >= 11 is 0. The molecule has 1 aromatic heterocycles. The highest BCUT2D eigenvalue weighted by Gasteiger charge is 2.26. The molecule has 7 heteroatoms. The van der Waals surface area contributed by atoms with E-state index >= 15 is 0 Å². The molecule has 1 aliphatic rings. The zero-order valence-electron chi connectivity index (χ0n) is 21.9. The number of anilines is 3. The summed E-state index contributed by atoms with van der Waals surface area (Å²) in [6.07, 6.45) is 1.81. The molecule has 5 rings (SSSR count). The summed E-state index contributed by atoms with van der Waals surface area (Å²) in [6.45, 7) is 3.75. The van der Waals surface area contributed by atoms with Crippen molar-refractivity contribution in [2.24, 2.45) is 0 Å². The molecule has 2 N–H and O–H groups in total. The molecule has 0 unspecified atom stereocenters. The fourth-order valence-electron chi connectivity index (χ4n) is 4.97. The van der Waals surface area contributed by atoms with Gasteiger partial charge in [0, 0.05) is 56.6 Å². The van der Waals surface area contributed by atoms with E-state index in [0.29, 0.717) is 5.82 Å². The minimum atomic E-state index is -0.236. The van der Waals surface area contributed by atoms with Crippen LogP contribution in [0.4, 0.5) is 17.2 Å². The van der Waals surface area contributed by atoms with Gasteiger partial charge in [-0.25, -0.2) is 4.98 Å². The Bertz CT molecular complexity index is 1300. The second-order valence-electron chi connectivity index (χ2n) is 9.61. The first kappa shape index (κ1) is 26.1. The maximum Gasteiger partial charge on any atom is 0.226 e. The Balaban J connectivity index is 1.12. The molecular weight excluding hydrogens is 486 g/mol. The average molecular weight is 520 g/mol. The van der Waals surface area contributed by atoms with Crippen molar-refractivity contribution >= 4 is 29.0 Å². The van der Waals surface area contributed by atoms with Gasteiger partial charge in [-0.2, -0.15) is 0 Å². The smallest absolute Gasteiger partial charge is 0.226 e. The first-order valence-electron chi connectivity index (χ1n) is 13.4. The van der Waals surface area contributed by atoms with Crippen molar-refractivity contribution in [2.75, 3.05) is 41.7 Å². The first-order chi connectivity index (χ1) is 19.2. The maximum atomic E-state index is 12.4. The van der Waals surface area contributed by atoms with Gasteiger partial charge in [0.05, 0.1) is 6.04 Å². The number of nitrogens with one attached hydrogen (secondary N) is 2. The zero-order chi connectivity index (χ0) is 26.9. The monoisotopic (exact) mass is 519 g/mol. The third kappa shape index (κ3) is 7.09. The van der Waals surface area contributed by atoms with Crippen LogP contribution in [0.2, 0.25) is 0 Å². The molecule has 0 bridgehead atoms. The molecule has 1 fully saturated rings.